The molecule has 0 bridgehead atoms. The molecule has 4 aromatic rings. The zero-order chi connectivity index (χ0) is 24.2. The van der Waals surface area contributed by atoms with Gasteiger partial charge in [-0.15, -0.1) is 0 Å². The summed E-state index contributed by atoms with van der Waals surface area (Å²) in [5.41, 5.74) is 5.59. The smallest absolute Gasteiger partial charge is 0.0219 e. The highest BCUT2D eigenvalue weighted by Crippen LogP contribution is 2.11. The topological polar surface area (TPSA) is 0 Å². The van der Waals surface area contributed by atoms with Crippen molar-refractivity contribution >= 4 is 0 Å². The largest absolute Gasteiger partial charge is 0.0651 e. The lowest BCUT2D eigenvalue weighted by Crippen LogP contribution is -1.83. The Hall–Kier alpha value is -3.12. The summed E-state index contributed by atoms with van der Waals surface area (Å²) in [5, 5.41) is 0. The van der Waals surface area contributed by atoms with E-state index in [1.54, 1.807) is 0 Å². The van der Waals surface area contributed by atoms with Gasteiger partial charge in [-0.1, -0.05) is 161 Å². The number of hydrogen-bond donors (Lipinski definition) is 0. The fourth-order valence-corrected chi connectivity index (χ4v) is 3.02. The van der Waals surface area contributed by atoms with Crippen LogP contribution in [0, 0.1) is 6.92 Å². The zero-order valence-corrected chi connectivity index (χ0v) is 21.2. The first kappa shape index (κ1) is 27.9. The Morgan fingerprint density at radius 3 is 1.18 bits per heavy atom. The van der Waals surface area contributed by atoms with Crippen LogP contribution < -0.4 is 0 Å². The highest BCUT2D eigenvalue weighted by Gasteiger charge is 1.93. The van der Waals surface area contributed by atoms with Gasteiger partial charge in [0.2, 0.25) is 0 Å². The summed E-state index contributed by atoms with van der Waals surface area (Å²) in [4.78, 5) is 0. The molecule has 0 aromatic heterocycles. The average Bonchev–Trinajstić information content (AvgIpc) is 2.88. The monoisotopic (exact) mass is 438 g/mol. The maximum Gasteiger partial charge on any atom is -0.0219 e. The van der Waals surface area contributed by atoms with Crippen molar-refractivity contribution in [1.82, 2.24) is 0 Å². The second-order valence-electron chi connectivity index (χ2n) is 8.29. The van der Waals surface area contributed by atoms with Gasteiger partial charge in [-0.2, -0.15) is 0 Å². The molecule has 174 valence electrons. The summed E-state index contributed by atoms with van der Waals surface area (Å²) in [5.74, 6) is 0.659. The molecular weight excluding hydrogens is 396 g/mol. The molecule has 0 radical (unpaired) electrons. The Morgan fingerprint density at radius 2 is 0.909 bits per heavy atom. The summed E-state index contributed by atoms with van der Waals surface area (Å²) < 4.78 is 0. The molecule has 4 rings (SSSR count). The molecule has 0 spiro atoms. The van der Waals surface area contributed by atoms with Gasteiger partial charge < -0.3 is 0 Å². The van der Waals surface area contributed by atoms with Crippen LogP contribution in [0.5, 0.6) is 0 Å². The first-order valence-corrected chi connectivity index (χ1v) is 12.2. The van der Waals surface area contributed by atoms with Crippen LogP contribution in [0.1, 0.15) is 62.3 Å². The maximum absolute atomic E-state index is 2.20. The van der Waals surface area contributed by atoms with Gasteiger partial charge in [0, 0.05) is 0 Å². The third-order valence-electron chi connectivity index (χ3n) is 5.04. The van der Waals surface area contributed by atoms with Gasteiger partial charge in [0.15, 0.2) is 0 Å². The Balaban J connectivity index is 0.000000221. The molecule has 4 aromatic carbocycles. The van der Waals surface area contributed by atoms with E-state index in [1.165, 1.54) is 35.1 Å². The van der Waals surface area contributed by atoms with Crippen molar-refractivity contribution in [3.05, 3.63) is 144 Å². The molecule has 0 amide bonds. The van der Waals surface area contributed by atoms with Crippen molar-refractivity contribution in [2.75, 3.05) is 0 Å². The van der Waals surface area contributed by atoms with Crippen molar-refractivity contribution in [1.29, 1.82) is 0 Å². The van der Waals surface area contributed by atoms with Crippen LogP contribution in [0.25, 0.3) is 0 Å². The van der Waals surface area contributed by atoms with E-state index < -0.39 is 0 Å². The molecule has 0 atom stereocenters. The molecular formula is C33H42. The van der Waals surface area contributed by atoms with Crippen LogP contribution in [0.2, 0.25) is 0 Å². The number of rotatable bonds is 4. The van der Waals surface area contributed by atoms with Crippen molar-refractivity contribution < 1.29 is 0 Å². The highest BCUT2D eigenvalue weighted by molar-refractivity contribution is 5.18. The molecule has 0 aliphatic carbocycles. The van der Waals surface area contributed by atoms with Crippen LogP contribution in [-0.2, 0) is 12.8 Å². The fourth-order valence-electron chi connectivity index (χ4n) is 3.02. The zero-order valence-electron chi connectivity index (χ0n) is 21.2. The van der Waals surface area contributed by atoms with Crippen LogP contribution in [0.3, 0.4) is 0 Å². The van der Waals surface area contributed by atoms with Crippen LogP contribution in [0.15, 0.2) is 121 Å². The molecule has 0 aliphatic rings. The average molecular weight is 439 g/mol. The van der Waals surface area contributed by atoms with Crippen molar-refractivity contribution in [2.24, 2.45) is 0 Å². The Labute approximate surface area is 203 Å². The van der Waals surface area contributed by atoms with Crippen molar-refractivity contribution in [2.45, 2.75) is 59.8 Å². The Kier molecular flexibility index (Phi) is 15.6. The van der Waals surface area contributed by atoms with E-state index in [9.17, 15) is 0 Å². The molecule has 0 fully saturated rings. The Bertz CT molecular complexity index is 911. The predicted molar refractivity (Wildman–Crippen MR) is 148 cm³/mol. The van der Waals surface area contributed by atoms with Gasteiger partial charge in [0.1, 0.15) is 0 Å². The van der Waals surface area contributed by atoms with Gasteiger partial charge in [-0.05, 0) is 42.4 Å². The van der Waals surface area contributed by atoms with E-state index >= 15 is 0 Å². The molecule has 0 aliphatic heterocycles. The summed E-state index contributed by atoms with van der Waals surface area (Å²) in [6.45, 7) is 10.9. The number of aryl methyl sites for hydroxylation is 3. The van der Waals surface area contributed by atoms with Gasteiger partial charge >= 0.3 is 0 Å². The SMILES string of the molecule is CC(C)c1ccccc1.CCCc1ccccc1.CCc1ccccc1.Cc1ccccc1. The summed E-state index contributed by atoms with van der Waals surface area (Å²) >= 11 is 0. The standard InChI is InChI=1S/2C9H12.C8H10.C7H8/c1-8(2)9-6-4-3-5-7-9;1-2-6-9-7-4-3-5-8-9;1-2-8-6-4-3-5-7-8;1-7-5-3-2-4-6-7/h3-8H,1-2H3;3-5,7-8H,2,6H2,1H3;3-7H,2H2,1H3;2-6H,1H3. The Morgan fingerprint density at radius 1 is 0.515 bits per heavy atom. The number of hydrogen-bond acceptors (Lipinski definition) is 0. The van der Waals surface area contributed by atoms with E-state index in [0.29, 0.717) is 5.92 Å². The minimum Gasteiger partial charge on any atom is -0.0651 e. The molecule has 0 heteroatoms. The van der Waals surface area contributed by atoms with Gasteiger partial charge in [0.05, 0.1) is 0 Å². The molecule has 33 heavy (non-hydrogen) atoms. The van der Waals surface area contributed by atoms with Gasteiger partial charge in [-0.3, -0.25) is 0 Å². The fraction of sp³-hybridized carbons (Fsp3) is 0.273. The summed E-state index contributed by atoms with van der Waals surface area (Å²) in [6.07, 6.45) is 3.59. The van der Waals surface area contributed by atoms with E-state index in [4.69, 9.17) is 0 Å². The first-order valence-electron chi connectivity index (χ1n) is 12.2. The summed E-state index contributed by atoms with van der Waals surface area (Å²) in [6, 6.07) is 41.8. The second-order valence-corrected chi connectivity index (χ2v) is 8.29. The third kappa shape index (κ3) is 14.5. The van der Waals surface area contributed by atoms with Crippen LogP contribution in [-0.4, -0.2) is 0 Å². The highest BCUT2D eigenvalue weighted by atomic mass is 14.0. The molecule has 0 heterocycles. The third-order valence-corrected chi connectivity index (χ3v) is 5.04. The van der Waals surface area contributed by atoms with Gasteiger partial charge in [-0.25, -0.2) is 0 Å². The lowest BCUT2D eigenvalue weighted by Gasteiger charge is -2.01. The van der Waals surface area contributed by atoms with Crippen molar-refractivity contribution in [3.8, 4) is 0 Å². The molecule has 0 saturated heterocycles. The van der Waals surface area contributed by atoms with Crippen LogP contribution in [0.4, 0.5) is 0 Å². The number of benzene rings is 4. The second kappa shape index (κ2) is 18.5. The predicted octanol–water partition coefficient (Wildman–Crippen LogP) is 9.69. The minimum atomic E-state index is 0.659. The quantitative estimate of drug-likeness (QED) is 0.297. The minimum absolute atomic E-state index is 0.659. The van der Waals surface area contributed by atoms with Crippen molar-refractivity contribution in [3.63, 3.8) is 0 Å². The summed E-state index contributed by atoms with van der Waals surface area (Å²) in [7, 11) is 0. The molecule has 0 saturated carbocycles. The van der Waals surface area contributed by atoms with E-state index in [1.807, 2.05) is 30.3 Å². The first-order chi connectivity index (χ1) is 16.1. The lowest BCUT2D eigenvalue weighted by molar-refractivity contribution is 0.867. The molecule has 0 nitrogen and oxygen atoms in total. The molecule has 0 unspecified atom stereocenters. The van der Waals surface area contributed by atoms with Crippen LogP contribution >= 0.6 is 0 Å². The normalized spacial score (nSPS) is 9.39. The van der Waals surface area contributed by atoms with E-state index in [0.717, 1.165) is 6.42 Å². The lowest BCUT2D eigenvalue weighted by atomic mass is 10.0. The molecule has 0 N–H and O–H groups in total. The van der Waals surface area contributed by atoms with Gasteiger partial charge in [0.25, 0.3) is 0 Å². The maximum atomic E-state index is 2.20. The van der Waals surface area contributed by atoms with E-state index in [-0.39, 0.29) is 0 Å². The van der Waals surface area contributed by atoms with E-state index in [2.05, 4.69) is 126 Å².